The van der Waals surface area contributed by atoms with E-state index in [0.717, 1.165) is 5.56 Å². The number of amides is 2. The van der Waals surface area contributed by atoms with Crippen molar-refractivity contribution in [2.24, 2.45) is 17.8 Å². The van der Waals surface area contributed by atoms with E-state index in [0.29, 0.717) is 30.0 Å². The fourth-order valence-corrected chi connectivity index (χ4v) is 11.5. The number of likely N-dealkylation sites (N-methyl/N-ethyl adjacent to an activating group) is 2. The number of nitrogens with zero attached hydrogens (tertiary/aromatic N) is 2. The Balaban J connectivity index is 1.50. The summed E-state index contributed by atoms with van der Waals surface area (Å²) in [5, 5.41) is 43.5. The Morgan fingerprint density at radius 2 is 1.55 bits per heavy atom. The summed E-state index contributed by atoms with van der Waals surface area (Å²) in [7, 11) is 7.03. The van der Waals surface area contributed by atoms with Gasteiger partial charge < -0.3 is 68.7 Å². The van der Waals surface area contributed by atoms with Crippen LogP contribution in [-0.2, 0) is 55.7 Å². The molecule has 2 amide bonds. The average molecular weight is 1080 g/mol. The lowest BCUT2D eigenvalue weighted by atomic mass is 9.77. The number of alkyl carbamates (subject to hydrolysis) is 2. The summed E-state index contributed by atoms with van der Waals surface area (Å²) < 4.78 is 64.7. The predicted octanol–water partition coefficient (Wildman–Crippen LogP) is 6.60. The van der Waals surface area contributed by atoms with Gasteiger partial charge in [-0.1, -0.05) is 62.7 Å². The molecule has 5 rings (SSSR count). The second-order valence-electron chi connectivity index (χ2n) is 22.2. The topological polar surface area (TPSA) is 216 Å². The summed E-state index contributed by atoms with van der Waals surface area (Å²) in [4.78, 5) is 45.7. The van der Waals surface area contributed by atoms with Crippen molar-refractivity contribution >= 4 is 29.8 Å². The van der Waals surface area contributed by atoms with E-state index in [-0.39, 0.29) is 50.4 Å². The normalized spacial score (nSPS) is 37.7. The van der Waals surface area contributed by atoms with Crippen LogP contribution in [0.15, 0.2) is 48.5 Å². The Hall–Kier alpha value is -3.73. The molecule has 3 fully saturated rings. The number of cyclic esters (lactones) is 1. The van der Waals surface area contributed by atoms with Gasteiger partial charge in [-0.2, -0.15) is 0 Å². The van der Waals surface area contributed by atoms with E-state index in [4.69, 9.17) is 49.5 Å². The minimum absolute atomic E-state index is 0.00968. The van der Waals surface area contributed by atoms with Crippen LogP contribution in [0.1, 0.15) is 106 Å². The summed E-state index contributed by atoms with van der Waals surface area (Å²) in [6, 6.07) is 11.9. The molecule has 18 atom stereocenters. The van der Waals surface area contributed by atoms with Crippen molar-refractivity contribution in [3.8, 4) is 0 Å². The number of rotatable bonds is 14. The van der Waals surface area contributed by atoms with Crippen LogP contribution in [0.4, 0.5) is 14.0 Å². The molecule has 0 radical (unpaired) electrons. The number of aliphatic hydroxyl groups is 3. The van der Waals surface area contributed by atoms with Gasteiger partial charge in [-0.25, -0.2) is 14.0 Å². The summed E-state index contributed by atoms with van der Waals surface area (Å²) in [5.41, 5.74) is -3.38. The van der Waals surface area contributed by atoms with Crippen molar-refractivity contribution in [3.05, 3.63) is 70.5 Å². The molecule has 0 unspecified atom stereocenters. The average Bonchev–Trinajstić information content (AvgIpc) is 3.34. The quantitative estimate of drug-likeness (QED) is 0.0995. The number of esters is 1. The summed E-state index contributed by atoms with van der Waals surface area (Å²) >= 11 is 6.34. The standard InChI is InChI=1S/C55H86ClFN4O14/c1-15-42-55(10,67)47(74-52(65)59-29-37-20-22-39(57)23-21-37)35(6)61(13)30-31(2)27-53(8,66)46(73-50-44(62)41(60(11)12)26-32(3)69-50)33(4)45(34(5)49(63)71-42)72-43-28-54(9,68-14)48(36(7)70-43)75-51(64)58-25-24-38-18-16-17-19-40(38)56/h16-23,31-36,41-48,50,62,66-67H,15,24-30H2,1-14H3,(H,58,64)(H,59,65)/t31-,32-,33+,34-,35-,36+,41+,42-,43+,44-,45+,46-,47-,48+,50+,53+,54-,55-/m1/s1. The van der Waals surface area contributed by atoms with Crippen LogP contribution >= 0.6 is 11.6 Å². The summed E-state index contributed by atoms with van der Waals surface area (Å²) in [5.74, 6) is -3.54. The van der Waals surface area contributed by atoms with Gasteiger partial charge in [-0.15, -0.1) is 0 Å². The van der Waals surface area contributed by atoms with Gasteiger partial charge >= 0.3 is 18.2 Å². The molecule has 3 aliphatic heterocycles. The Bertz CT molecular complexity index is 2160. The highest BCUT2D eigenvalue weighted by Gasteiger charge is 2.54. The zero-order chi connectivity index (χ0) is 55.7. The number of nitrogens with one attached hydrogen (secondary N) is 2. The Labute approximate surface area is 448 Å². The highest BCUT2D eigenvalue weighted by Crippen LogP contribution is 2.41. The number of methoxy groups -OCH3 is 1. The lowest BCUT2D eigenvalue weighted by Gasteiger charge is -2.49. The fourth-order valence-electron chi connectivity index (χ4n) is 11.2. The van der Waals surface area contributed by atoms with Gasteiger partial charge in [0, 0.05) is 56.2 Å². The second kappa shape index (κ2) is 26.8. The van der Waals surface area contributed by atoms with E-state index in [9.17, 15) is 34.1 Å². The van der Waals surface area contributed by atoms with Gasteiger partial charge in [0.25, 0.3) is 0 Å². The minimum Gasteiger partial charge on any atom is -0.459 e. The Morgan fingerprint density at radius 1 is 0.907 bits per heavy atom. The van der Waals surface area contributed by atoms with Crippen molar-refractivity contribution in [3.63, 3.8) is 0 Å². The molecular weight excluding hydrogens is 995 g/mol. The minimum atomic E-state index is -1.99. The van der Waals surface area contributed by atoms with E-state index in [2.05, 4.69) is 10.6 Å². The smallest absolute Gasteiger partial charge is 0.407 e. The third kappa shape index (κ3) is 16.0. The molecule has 75 heavy (non-hydrogen) atoms. The molecule has 0 aliphatic carbocycles. The molecule has 5 N–H and O–H groups in total. The van der Waals surface area contributed by atoms with Crippen molar-refractivity contribution in [1.29, 1.82) is 0 Å². The second-order valence-corrected chi connectivity index (χ2v) is 22.6. The van der Waals surface area contributed by atoms with E-state index in [1.165, 1.54) is 38.3 Å². The number of carbonyl (C=O) groups is 3. The summed E-state index contributed by atoms with van der Waals surface area (Å²) in [6.07, 6.45) is -10.7. The number of hydrogen-bond acceptors (Lipinski definition) is 16. The molecule has 424 valence electrons. The Morgan fingerprint density at radius 3 is 2.17 bits per heavy atom. The SMILES string of the molecule is CC[C@H]1OC(=O)[C@H](C)[C@@H](O[C@H]2C[C@@](C)(OC)[C@@H](OC(=O)NCCc3ccccc3Cl)[C@H](C)O2)[C@H](C)[C@@H](O[C@@H]2O[C@H](C)C[C@H](N(C)C)[C@H]2O)[C@@](C)(O)C[C@@H](C)CN(C)[C@H](C)[C@@H](OC(=O)NCc2ccc(F)cc2)[C@]1(C)O. The number of aliphatic hydroxyl groups excluding tert-OH is 1. The number of halogens is 2. The predicted molar refractivity (Wildman–Crippen MR) is 279 cm³/mol. The zero-order valence-corrected chi connectivity index (χ0v) is 47.2. The lowest BCUT2D eigenvalue weighted by Crippen LogP contribution is -2.61. The molecule has 0 bridgehead atoms. The maximum Gasteiger partial charge on any atom is 0.407 e. The monoisotopic (exact) mass is 1080 g/mol. The van der Waals surface area contributed by atoms with E-state index >= 15 is 0 Å². The largest absolute Gasteiger partial charge is 0.459 e. The van der Waals surface area contributed by atoms with E-state index in [1.54, 1.807) is 54.5 Å². The number of carbonyl (C=O) groups excluding carboxylic acids is 3. The van der Waals surface area contributed by atoms with Gasteiger partial charge in [0.15, 0.2) is 24.8 Å². The number of hydrogen-bond donors (Lipinski definition) is 5. The number of ether oxygens (including phenoxy) is 8. The number of benzene rings is 2. The molecule has 18 nitrogen and oxygen atoms in total. The van der Waals surface area contributed by atoms with Crippen LogP contribution < -0.4 is 10.6 Å². The highest BCUT2D eigenvalue weighted by atomic mass is 35.5. The van der Waals surface area contributed by atoms with E-state index in [1.807, 2.05) is 63.0 Å². The van der Waals surface area contributed by atoms with Crippen LogP contribution in [0.25, 0.3) is 0 Å². The first-order valence-electron chi connectivity index (χ1n) is 26.4. The molecule has 2 aromatic rings. The van der Waals surface area contributed by atoms with Gasteiger partial charge in [-0.05, 0) is 131 Å². The molecule has 3 aliphatic rings. The zero-order valence-electron chi connectivity index (χ0n) is 46.4. The molecule has 3 saturated heterocycles. The molecule has 3 heterocycles. The summed E-state index contributed by atoms with van der Waals surface area (Å²) in [6.45, 7) is 18.0. The third-order valence-electron chi connectivity index (χ3n) is 15.6. The van der Waals surface area contributed by atoms with Crippen molar-refractivity contribution in [1.82, 2.24) is 20.4 Å². The molecule has 20 heteroatoms. The molecule has 2 aromatic carbocycles. The lowest BCUT2D eigenvalue weighted by molar-refractivity contribution is -0.317. The maximum absolute atomic E-state index is 14.9. The third-order valence-corrected chi connectivity index (χ3v) is 15.9. The van der Waals surface area contributed by atoms with Gasteiger partial charge in [0.1, 0.15) is 29.2 Å². The van der Waals surface area contributed by atoms with Crippen LogP contribution in [0.2, 0.25) is 5.02 Å². The van der Waals surface area contributed by atoms with Gasteiger partial charge in [0.2, 0.25) is 0 Å². The van der Waals surface area contributed by atoms with Crippen LogP contribution in [0.5, 0.6) is 0 Å². The molecule has 0 saturated carbocycles. The van der Waals surface area contributed by atoms with Gasteiger partial charge in [0.05, 0.1) is 35.9 Å². The fraction of sp³-hybridized carbons (Fsp3) is 0.727. The van der Waals surface area contributed by atoms with E-state index < -0.39 is 114 Å². The molecular formula is C55H86ClFN4O14. The molecule has 0 aromatic heterocycles. The van der Waals surface area contributed by atoms with Crippen molar-refractivity contribution in [2.45, 2.75) is 198 Å². The van der Waals surface area contributed by atoms with Crippen molar-refractivity contribution < 1.29 is 72.0 Å². The van der Waals surface area contributed by atoms with Crippen LogP contribution in [-0.4, -0.2) is 175 Å². The van der Waals surface area contributed by atoms with Crippen molar-refractivity contribution in [2.75, 3.05) is 41.3 Å². The first-order chi connectivity index (χ1) is 35.1. The first-order valence-corrected chi connectivity index (χ1v) is 26.7. The maximum atomic E-state index is 14.9. The van der Waals surface area contributed by atoms with Crippen LogP contribution in [0, 0.1) is 23.6 Å². The van der Waals surface area contributed by atoms with Gasteiger partial charge in [-0.3, -0.25) is 9.69 Å². The van der Waals surface area contributed by atoms with Crippen LogP contribution in [0.3, 0.4) is 0 Å². The highest BCUT2D eigenvalue weighted by molar-refractivity contribution is 6.31. The Kier molecular flexibility index (Phi) is 22.2. The first kappa shape index (κ1) is 62.1. The molecule has 0 spiro atoms.